The van der Waals surface area contributed by atoms with E-state index in [2.05, 4.69) is 4.98 Å². The maximum absolute atomic E-state index is 12.7. The topological polar surface area (TPSA) is 30.0 Å². The third kappa shape index (κ3) is 5.15. The number of aryl methyl sites for hydroxylation is 1. The molecule has 0 N–H and O–H groups in total. The summed E-state index contributed by atoms with van der Waals surface area (Å²) < 4.78 is 38.0. The molecule has 0 unspecified atom stereocenters. The number of nitrogens with zero attached hydrogens (tertiary/aromatic N) is 1. The van der Waals surface area contributed by atoms with Gasteiger partial charge >= 0.3 is 6.18 Å². The Morgan fingerprint density at radius 3 is 2.55 bits per heavy atom. The highest BCUT2D eigenvalue weighted by Crippen LogP contribution is 2.28. The second-order valence-electron chi connectivity index (χ2n) is 4.63. The van der Waals surface area contributed by atoms with E-state index in [9.17, 15) is 18.0 Å². The van der Waals surface area contributed by atoms with Crippen molar-refractivity contribution in [3.63, 3.8) is 0 Å². The first-order chi connectivity index (χ1) is 9.34. The number of pyridine rings is 1. The smallest absolute Gasteiger partial charge is 0.295 e. The Labute approximate surface area is 116 Å². The molecule has 2 nitrogen and oxygen atoms in total. The minimum absolute atomic E-state index is 0.149. The van der Waals surface area contributed by atoms with Crippen LogP contribution in [0.25, 0.3) is 6.08 Å². The van der Waals surface area contributed by atoms with Crippen molar-refractivity contribution in [2.45, 2.75) is 45.7 Å². The lowest BCUT2D eigenvalue weighted by Crippen LogP contribution is -2.10. The van der Waals surface area contributed by atoms with Gasteiger partial charge in [-0.1, -0.05) is 25.8 Å². The molecular weight excluding hydrogens is 267 g/mol. The number of rotatable bonds is 6. The SMILES string of the molecule is CCCCCc1nc(C(F)(F)F)ccc1/C=C/C(C)=O. The molecule has 0 aromatic carbocycles. The first-order valence-electron chi connectivity index (χ1n) is 6.60. The van der Waals surface area contributed by atoms with Crippen LogP contribution in [0.1, 0.15) is 50.1 Å². The lowest BCUT2D eigenvalue weighted by Gasteiger charge is -2.10. The molecule has 0 spiro atoms. The van der Waals surface area contributed by atoms with Gasteiger partial charge in [0.15, 0.2) is 5.78 Å². The summed E-state index contributed by atoms with van der Waals surface area (Å²) in [4.78, 5) is 14.6. The number of allylic oxidation sites excluding steroid dienone is 1. The van der Waals surface area contributed by atoms with Gasteiger partial charge < -0.3 is 0 Å². The van der Waals surface area contributed by atoms with Gasteiger partial charge in [0, 0.05) is 5.69 Å². The second kappa shape index (κ2) is 7.22. The summed E-state index contributed by atoms with van der Waals surface area (Å²) in [5.41, 5.74) is 0.0825. The van der Waals surface area contributed by atoms with E-state index in [1.165, 1.54) is 25.1 Å². The van der Waals surface area contributed by atoms with Crippen molar-refractivity contribution in [3.8, 4) is 0 Å². The Kier molecular flexibility index (Phi) is 5.92. The molecule has 5 heteroatoms. The Hall–Kier alpha value is -1.65. The van der Waals surface area contributed by atoms with Gasteiger partial charge in [0.25, 0.3) is 0 Å². The molecule has 1 heterocycles. The van der Waals surface area contributed by atoms with Crippen LogP contribution in [-0.2, 0) is 17.4 Å². The van der Waals surface area contributed by atoms with E-state index in [-0.39, 0.29) is 5.78 Å². The average molecular weight is 285 g/mol. The molecule has 0 saturated carbocycles. The number of alkyl halides is 3. The number of ketones is 1. The van der Waals surface area contributed by atoms with Crippen LogP contribution in [0.3, 0.4) is 0 Å². The minimum Gasteiger partial charge on any atom is -0.295 e. The highest BCUT2D eigenvalue weighted by atomic mass is 19.4. The van der Waals surface area contributed by atoms with Gasteiger partial charge in [-0.2, -0.15) is 13.2 Å². The zero-order chi connectivity index (χ0) is 15.2. The summed E-state index contributed by atoms with van der Waals surface area (Å²) in [6.45, 7) is 3.42. The lowest BCUT2D eigenvalue weighted by molar-refractivity contribution is -0.141. The van der Waals surface area contributed by atoms with Crippen molar-refractivity contribution in [2.75, 3.05) is 0 Å². The van der Waals surface area contributed by atoms with Crippen LogP contribution in [0.4, 0.5) is 13.2 Å². The molecule has 1 rings (SSSR count). The number of hydrogen-bond acceptors (Lipinski definition) is 2. The summed E-state index contributed by atoms with van der Waals surface area (Å²) >= 11 is 0. The quantitative estimate of drug-likeness (QED) is 0.571. The standard InChI is InChI=1S/C15H18F3NO/c1-3-4-5-6-13-12(8-7-11(2)20)9-10-14(19-13)15(16,17)18/h7-10H,3-6H2,1-2H3/b8-7+. The summed E-state index contributed by atoms with van der Waals surface area (Å²) in [6.07, 6.45) is 1.61. The maximum Gasteiger partial charge on any atom is 0.433 e. The number of carbonyl (C=O) groups excluding carboxylic acids is 1. The van der Waals surface area contributed by atoms with Crippen LogP contribution in [-0.4, -0.2) is 10.8 Å². The molecule has 0 bridgehead atoms. The van der Waals surface area contributed by atoms with Gasteiger partial charge in [-0.05, 0) is 43.5 Å². The van der Waals surface area contributed by atoms with Crippen LogP contribution < -0.4 is 0 Å². The average Bonchev–Trinajstić information content (AvgIpc) is 2.36. The van der Waals surface area contributed by atoms with Crippen LogP contribution >= 0.6 is 0 Å². The number of hydrogen-bond donors (Lipinski definition) is 0. The van der Waals surface area contributed by atoms with E-state index in [4.69, 9.17) is 0 Å². The fraction of sp³-hybridized carbons (Fsp3) is 0.467. The van der Waals surface area contributed by atoms with E-state index >= 15 is 0 Å². The van der Waals surface area contributed by atoms with Crippen LogP contribution in [0, 0.1) is 0 Å². The summed E-state index contributed by atoms with van der Waals surface area (Å²) in [6, 6.07) is 2.32. The van der Waals surface area contributed by atoms with Crippen molar-refractivity contribution in [3.05, 3.63) is 35.2 Å². The molecule has 0 amide bonds. The molecule has 0 aliphatic rings. The predicted molar refractivity (Wildman–Crippen MR) is 72.2 cm³/mol. The molecule has 20 heavy (non-hydrogen) atoms. The van der Waals surface area contributed by atoms with Crippen molar-refractivity contribution >= 4 is 11.9 Å². The number of halogens is 3. The number of aromatic nitrogens is 1. The molecule has 1 aromatic rings. The van der Waals surface area contributed by atoms with Crippen LogP contribution in [0.2, 0.25) is 0 Å². The zero-order valence-corrected chi connectivity index (χ0v) is 11.6. The normalized spacial score (nSPS) is 12.1. The largest absolute Gasteiger partial charge is 0.433 e. The van der Waals surface area contributed by atoms with E-state index in [0.29, 0.717) is 17.7 Å². The Morgan fingerprint density at radius 1 is 1.30 bits per heavy atom. The molecule has 0 saturated heterocycles. The Bertz CT molecular complexity index is 492. The van der Waals surface area contributed by atoms with E-state index in [1.807, 2.05) is 6.92 Å². The first kappa shape index (κ1) is 16.4. The molecule has 0 aliphatic heterocycles. The van der Waals surface area contributed by atoms with Crippen molar-refractivity contribution in [1.82, 2.24) is 4.98 Å². The van der Waals surface area contributed by atoms with Crippen LogP contribution in [0.15, 0.2) is 18.2 Å². The van der Waals surface area contributed by atoms with Crippen molar-refractivity contribution in [2.24, 2.45) is 0 Å². The molecule has 110 valence electrons. The van der Waals surface area contributed by atoms with E-state index < -0.39 is 11.9 Å². The van der Waals surface area contributed by atoms with Gasteiger partial charge in [-0.25, -0.2) is 4.98 Å². The third-order valence-electron chi connectivity index (χ3n) is 2.81. The fourth-order valence-corrected chi connectivity index (χ4v) is 1.77. The highest BCUT2D eigenvalue weighted by Gasteiger charge is 2.32. The number of carbonyl (C=O) groups is 1. The molecular formula is C15H18F3NO. The molecule has 0 aliphatic carbocycles. The maximum atomic E-state index is 12.7. The Morgan fingerprint density at radius 2 is 2.00 bits per heavy atom. The van der Waals surface area contributed by atoms with Crippen molar-refractivity contribution < 1.29 is 18.0 Å². The molecule has 0 atom stereocenters. The highest BCUT2D eigenvalue weighted by molar-refractivity contribution is 5.91. The minimum atomic E-state index is -4.44. The number of unbranched alkanes of at least 4 members (excludes halogenated alkanes) is 2. The Balaban J connectivity index is 3.06. The monoisotopic (exact) mass is 285 g/mol. The molecule has 0 fully saturated rings. The first-order valence-corrected chi connectivity index (χ1v) is 6.60. The third-order valence-corrected chi connectivity index (χ3v) is 2.81. The molecule has 0 radical (unpaired) electrons. The zero-order valence-electron chi connectivity index (χ0n) is 11.6. The van der Waals surface area contributed by atoms with E-state index in [0.717, 1.165) is 25.3 Å². The van der Waals surface area contributed by atoms with Gasteiger partial charge in [-0.3, -0.25) is 4.79 Å². The second-order valence-corrected chi connectivity index (χ2v) is 4.63. The van der Waals surface area contributed by atoms with Gasteiger partial charge in [0.2, 0.25) is 0 Å². The van der Waals surface area contributed by atoms with Gasteiger partial charge in [0.1, 0.15) is 5.69 Å². The van der Waals surface area contributed by atoms with Crippen molar-refractivity contribution in [1.29, 1.82) is 0 Å². The molecule has 1 aromatic heterocycles. The lowest BCUT2D eigenvalue weighted by atomic mass is 10.1. The van der Waals surface area contributed by atoms with E-state index in [1.54, 1.807) is 0 Å². The summed E-state index contributed by atoms with van der Waals surface area (Å²) in [5.74, 6) is -0.149. The van der Waals surface area contributed by atoms with Gasteiger partial charge in [0.05, 0.1) is 0 Å². The predicted octanol–water partition coefficient (Wildman–Crippen LogP) is 4.44. The van der Waals surface area contributed by atoms with Gasteiger partial charge in [-0.15, -0.1) is 0 Å². The fourth-order valence-electron chi connectivity index (χ4n) is 1.77. The summed E-state index contributed by atoms with van der Waals surface area (Å²) in [7, 11) is 0. The van der Waals surface area contributed by atoms with Crippen LogP contribution in [0.5, 0.6) is 0 Å². The summed E-state index contributed by atoms with van der Waals surface area (Å²) in [5, 5.41) is 0.